The van der Waals surface area contributed by atoms with Gasteiger partial charge in [-0.2, -0.15) is 5.10 Å². The molecule has 1 N–H and O–H groups in total. The van der Waals surface area contributed by atoms with Gasteiger partial charge in [0, 0.05) is 21.2 Å². The van der Waals surface area contributed by atoms with Gasteiger partial charge in [0.05, 0.1) is 31.6 Å². The van der Waals surface area contributed by atoms with Crippen LogP contribution in [0.3, 0.4) is 0 Å². The van der Waals surface area contributed by atoms with Gasteiger partial charge in [0.2, 0.25) is 0 Å². The second-order valence-electron chi connectivity index (χ2n) is 7.29. The molecule has 1 amide bonds. The van der Waals surface area contributed by atoms with Crippen LogP contribution in [0.4, 0.5) is 0 Å². The van der Waals surface area contributed by atoms with Crippen LogP contribution in [0.5, 0.6) is 23.0 Å². The van der Waals surface area contributed by atoms with E-state index in [0.29, 0.717) is 62.4 Å². The van der Waals surface area contributed by atoms with Crippen molar-refractivity contribution in [2.45, 2.75) is 20.5 Å². The van der Waals surface area contributed by atoms with Crippen molar-refractivity contribution >= 4 is 46.9 Å². The molecule has 190 valence electrons. The number of halogens is 3. The van der Waals surface area contributed by atoms with Gasteiger partial charge in [0.15, 0.2) is 23.0 Å². The lowest BCUT2D eigenvalue weighted by molar-refractivity contribution is 0.0954. The number of nitrogens with one attached hydrogen (secondary N) is 1. The maximum atomic E-state index is 12.6. The zero-order valence-electron chi connectivity index (χ0n) is 19.9. The lowest BCUT2D eigenvalue weighted by atomic mass is 10.2. The Labute approximate surface area is 224 Å². The van der Waals surface area contributed by atoms with Crippen LogP contribution in [0.15, 0.2) is 53.6 Å². The van der Waals surface area contributed by atoms with E-state index < -0.39 is 5.91 Å². The molecule has 10 heteroatoms. The van der Waals surface area contributed by atoms with Gasteiger partial charge in [-0.05, 0) is 61.9 Å². The molecule has 0 spiro atoms. The first kappa shape index (κ1) is 27.5. The van der Waals surface area contributed by atoms with Crippen molar-refractivity contribution in [1.82, 2.24) is 5.43 Å². The summed E-state index contributed by atoms with van der Waals surface area (Å²) < 4.78 is 22.4. The van der Waals surface area contributed by atoms with Crippen LogP contribution in [-0.2, 0) is 6.61 Å². The normalized spacial score (nSPS) is 10.8. The fourth-order valence-corrected chi connectivity index (χ4v) is 3.90. The maximum Gasteiger partial charge on any atom is 0.271 e. The Morgan fingerprint density at radius 3 is 2.33 bits per heavy atom. The third-order valence-corrected chi connectivity index (χ3v) is 5.69. The molecule has 0 aliphatic carbocycles. The highest BCUT2D eigenvalue weighted by Gasteiger charge is 2.14. The average molecular weight is 552 g/mol. The number of methoxy groups -OCH3 is 1. The van der Waals surface area contributed by atoms with E-state index in [1.54, 1.807) is 48.5 Å². The van der Waals surface area contributed by atoms with Crippen LogP contribution in [0.25, 0.3) is 0 Å². The van der Waals surface area contributed by atoms with E-state index in [2.05, 4.69) is 10.5 Å². The topological polar surface area (TPSA) is 78.4 Å². The maximum absolute atomic E-state index is 12.6. The predicted molar refractivity (Wildman–Crippen MR) is 143 cm³/mol. The van der Waals surface area contributed by atoms with Crippen LogP contribution >= 0.6 is 34.8 Å². The number of ether oxygens (including phenoxy) is 4. The van der Waals surface area contributed by atoms with E-state index in [1.165, 1.54) is 13.3 Å². The molecule has 0 saturated carbocycles. The molecule has 0 saturated heterocycles. The van der Waals surface area contributed by atoms with Gasteiger partial charge in [-0.1, -0.05) is 40.9 Å². The number of nitrogens with zero attached hydrogens (tertiary/aromatic N) is 1. The van der Waals surface area contributed by atoms with E-state index in [-0.39, 0.29) is 6.61 Å². The van der Waals surface area contributed by atoms with Crippen LogP contribution in [0.2, 0.25) is 15.1 Å². The van der Waals surface area contributed by atoms with Gasteiger partial charge < -0.3 is 18.9 Å². The molecular weight excluding hydrogens is 527 g/mol. The number of carbonyl (C=O) groups is 1. The zero-order chi connectivity index (χ0) is 26.1. The summed E-state index contributed by atoms with van der Waals surface area (Å²) in [5.41, 5.74) is 4.20. The number of carbonyl (C=O) groups excluding carboxylic acids is 1. The van der Waals surface area contributed by atoms with E-state index >= 15 is 0 Å². The van der Waals surface area contributed by atoms with Crippen molar-refractivity contribution in [3.8, 4) is 23.0 Å². The van der Waals surface area contributed by atoms with Crippen molar-refractivity contribution in [2.24, 2.45) is 5.10 Å². The summed E-state index contributed by atoms with van der Waals surface area (Å²) in [4.78, 5) is 12.6. The Balaban J connectivity index is 1.70. The Morgan fingerprint density at radius 1 is 0.889 bits per heavy atom. The molecular formula is C26H25Cl3N2O5. The molecule has 3 aromatic carbocycles. The first-order valence-corrected chi connectivity index (χ1v) is 12.2. The van der Waals surface area contributed by atoms with E-state index in [0.717, 1.165) is 5.56 Å². The van der Waals surface area contributed by atoms with Crippen LogP contribution in [0, 0.1) is 0 Å². The largest absolute Gasteiger partial charge is 0.493 e. The highest BCUT2D eigenvalue weighted by molar-refractivity contribution is 6.35. The van der Waals surface area contributed by atoms with Gasteiger partial charge in [0.1, 0.15) is 6.61 Å². The molecule has 3 aromatic rings. The highest BCUT2D eigenvalue weighted by Crippen LogP contribution is 2.37. The highest BCUT2D eigenvalue weighted by atomic mass is 35.5. The number of amides is 1. The van der Waals surface area contributed by atoms with Crippen LogP contribution in [-0.4, -0.2) is 32.4 Å². The summed E-state index contributed by atoms with van der Waals surface area (Å²) in [6.07, 6.45) is 1.45. The fourth-order valence-electron chi connectivity index (χ4n) is 3.17. The molecule has 36 heavy (non-hydrogen) atoms. The number of rotatable bonds is 11. The molecule has 0 bridgehead atoms. The Kier molecular flexibility index (Phi) is 10.1. The molecule has 0 aliphatic heterocycles. The Morgan fingerprint density at radius 2 is 1.64 bits per heavy atom. The predicted octanol–water partition coefficient (Wildman–Crippen LogP) is 6.80. The molecule has 0 aromatic heterocycles. The number of hydrazone groups is 1. The zero-order valence-corrected chi connectivity index (χ0v) is 22.2. The summed E-state index contributed by atoms with van der Waals surface area (Å²) in [5.74, 6) is 1.40. The van der Waals surface area contributed by atoms with Crippen molar-refractivity contribution in [3.05, 3.63) is 80.3 Å². The summed E-state index contributed by atoms with van der Waals surface area (Å²) in [6, 6.07) is 13.4. The lowest BCUT2D eigenvalue weighted by Crippen LogP contribution is -2.17. The molecule has 0 heterocycles. The van der Waals surface area contributed by atoms with Gasteiger partial charge in [-0.25, -0.2) is 5.43 Å². The van der Waals surface area contributed by atoms with E-state index in [9.17, 15) is 4.79 Å². The van der Waals surface area contributed by atoms with Crippen molar-refractivity contribution in [3.63, 3.8) is 0 Å². The SMILES string of the molecule is CCOc1ccc(C(=O)N/N=C/c2cc(Cl)c(OCc3ccc(Cl)cc3Cl)c(OC)c2)cc1OCC. The minimum atomic E-state index is -0.409. The molecule has 7 nitrogen and oxygen atoms in total. The Bertz CT molecular complexity index is 1250. The molecule has 0 unspecified atom stereocenters. The second kappa shape index (κ2) is 13.3. The van der Waals surface area contributed by atoms with Crippen LogP contribution < -0.4 is 24.4 Å². The van der Waals surface area contributed by atoms with Gasteiger partial charge in [0.25, 0.3) is 5.91 Å². The van der Waals surface area contributed by atoms with E-state index in [1.807, 2.05) is 13.8 Å². The smallest absolute Gasteiger partial charge is 0.271 e. The Hall–Kier alpha value is -3.13. The van der Waals surface area contributed by atoms with Crippen molar-refractivity contribution < 1.29 is 23.7 Å². The first-order chi connectivity index (χ1) is 17.4. The standard InChI is InChI=1S/C26H25Cl3N2O5/c1-4-34-22-9-7-17(12-23(22)35-5-2)26(32)31-30-14-16-10-21(29)25(24(11-16)33-3)36-15-18-6-8-19(27)13-20(18)28/h6-14H,4-5,15H2,1-3H3,(H,31,32)/b30-14+. The molecule has 0 fully saturated rings. The van der Waals surface area contributed by atoms with Crippen molar-refractivity contribution in [1.29, 1.82) is 0 Å². The molecule has 0 radical (unpaired) electrons. The summed E-state index contributed by atoms with van der Waals surface area (Å²) in [6.45, 7) is 4.83. The third kappa shape index (κ3) is 7.20. The number of hydrogen-bond donors (Lipinski definition) is 1. The second-order valence-corrected chi connectivity index (χ2v) is 8.54. The fraction of sp³-hybridized carbons (Fsp3) is 0.231. The first-order valence-electron chi connectivity index (χ1n) is 11.0. The summed E-state index contributed by atoms with van der Waals surface area (Å²) >= 11 is 18.6. The molecule has 0 atom stereocenters. The minimum absolute atomic E-state index is 0.168. The van der Waals surface area contributed by atoms with Gasteiger partial charge in [-0.15, -0.1) is 0 Å². The quantitative estimate of drug-likeness (QED) is 0.210. The average Bonchev–Trinajstić information content (AvgIpc) is 2.85. The minimum Gasteiger partial charge on any atom is -0.493 e. The van der Waals surface area contributed by atoms with Gasteiger partial charge in [-0.3, -0.25) is 4.79 Å². The monoisotopic (exact) mass is 550 g/mol. The van der Waals surface area contributed by atoms with E-state index in [4.69, 9.17) is 53.8 Å². The molecule has 0 aliphatic rings. The number of hydrogen-bond acceptors (Lipinski definition) is 6. The van der Waals surface area contributed by atoms with Crippen LogP contribution in [0.1, 0.15) is 35.3 Å². The van der Waals surface area contributed by atoms with Gasteiger partial charge >= 0.3 is 0 Å². The van der Waals surface area contributed by atoms with Crippen molar-refractivity contribution in [2.75, 3.05) is 20.3 Å². The summed E-state index contributed by atoms with van der Waals surface area (Å²) in [5, 5.41) is 5.35. The number of benzene rings is 3. The lowest BCUT2D eigenvalue weighted by Gasteiger charge is -2.14. The third-order valence-electron chi connectivity index (χ3n) is 4.82. The summed E-state index contributed by atoms with van der Waals surface area (Å²) in [7, 11) is 1.50. The molecule has 3 rings (SSSR count).